The molecule has 0 aliphatic carbocycles. The van der Waals surface area contributed by atoms with Crippen LogP contribution in [0.15, 0.2) is 0 Å². The van der Waals surface area contributed by atoms with Gasteiger partial charge in [-0.3, -0.25) is 0 Å². The Morgan fingerprint density at radius 1 is 0.250 bits per heavy atom. The van der Waals surface area contributed by atoms with Crippen LogP contribution >= 0.6 is 0 Å². The van der Waals surface area contributed by atoms with E-state index in [1.54, 1.807) is 0 Å². The molecular weight excluding hydrogens is 343 g/mol. The second-order valence-electron chi connectivity index (χ2n) is 0. The molecule has 0 aromatic heterocycles. The van der Waals surface area contributed by atoms with Gasteiger partial charge in [0.25, 0.3) is 0 Å². The summed E-state index contributed by atoms with van der Waals surface area (Å²) in [5.74, 6) is 0. The first-order chi connectivity index (χ1) is 0. The fraction of sp³-hybridized carbons (Fsp3) is 0. The summed E-state index contributed by atoms with van der Waals surface area (Å²) in [6, 6.07) is 0. The van der Waals surface area contributed by atoms with E-state index < -0.39 is 0 Å². The van der Waals surface area contributed by atoms with Crippen molar-refractivity contribution in [3.05, 3.63) is 0 Å². The maximum atomic E-state index is 0. The van der Waals surface area contributed by atoms with Crippen molar-refractivity contribution in [3.63, 3.8) is 0 Å². The van der Waals surface area contributed by atoms with E-state index in [0.717, 1.165) is 0 Å². The van der Waals surface area contributed by atoms with Crippen molar-refractivity contribution >= 4 is 0 Å². The fourth-order valence-electron chi connectivity index (χ4n) is 0. The molecule has 48 valence electrons. The van der Waals surface area contributed by atoms with E-state index in [9.17, 15) is 0 Å². The first-order valence-electron chi connectivity index (χ1n) is 0. The van der Waals surface area contributed by atoms with Gasteiger partial charge in [-0.1, -0.05) is 0 Å². The number of hydrogen-bond acceptors (Lipinski definition) is 0. The minimum absolute atomic E-state index is 0. The van der Waals surface area contributed by atoms with Crippen LogP contribution in [-0.4, -0.2) is 0 Å². The van der Waals surface area contributed by atoms with Gasteiger partial charge in [0.1, 0.15) is 0 Å². The molecule has 0 spiro atoms. The third-order valence-electron chi connectivity index (χ3n) is 0. The average Bonchev–Trinajstić information content (AvgIpc) is 0. The largest absolute Gasteiger partial charge is 2.00 e. The van der Waals surface area contributed by atoms with Gasteiger partial charge >= 0.3 is 39.0 Å². The molecule has 0 fully saturated rings. The van der Waals surface area contributed by atoms with Gasteiger partial charge in [0.15, 0.2) is 0 Å². The average molecular weight is 343 g/mol. The van der Waals surface area contributed by atoms with Crippen LogP contribution in [-0.2, 0) is 39.0 Å². The van der Waals surface area contributed by atoms with Gasteiger partial charge in [-0.2, -0.15) is 0 Å². The zero-order valence-corrected chi connectivity index (χ0v) is 14.2. The third-order valence-corrected chi connectivity index (χ3v) is 0. The molecule has 0 rings (SSSR count). The van der Waals surface area contributed by atoms with Crippen molar-refractivity contribution in [2.75, 3.05) is 0 Å². The van der Waals surface area contributed by atoms with E-state index in [1.165, 1.54) is 0 Å². The van der Waals surface area contributed by atoms with Crippen molar-refractivity contribution in [2.45, 2.75) is 0 Å². The summed E-state index contributed by atoms with van der Waals surface area (Å²) >= 11 is 0. The molecule has 0 N–H and O–H groups in total. The van der Waals surface area contributed by atoms with Crippen LogP contribution in [0.5, 0.6) is 0 Å². The molecule has 0 saturated heterocycles. The monoisotopic (exact) mass is 338 g/mol. The summed E-state index contributed by atoms with van der Waals surface area (Å²) in [4.78, 5) is 0. The van der Waals surface area contributed by atoms with Gasteiger partial charge in [0.2, 0.25) is 0 Å². The van der Waals surface area contributed by atoms with Crippen LogP contribution in [0.25, 0.3) is 0 Å². The summed E-state index contributed by atoms with van der Waals surface area (Å²) in [5, 5.41) is 0. The summed E-state index contributed by atoms with van der Waals surface area (Å²) in [5.41, 5.74) is 0. The summed E-state index contributed by atoms with van der Waals surface area (Å²) in [6.45, 7) is 0. The molecule has 0 atom stereocenters. The van der Waals surface area contributed by atoms with Crippen LogP contribution in [0.4, 0.5) is 0 Å². The summed E-state index contributed by atoms with van der Waals surface area (Å²) in [7, 11) is 0. The van der Waals surface area contributed by atoms with Gasteiger partial charge in [-0.15, -0.1) is 0 Å². The summed E-state index contributed by atoms with van der Waals surface area (Å²) < 4.78 is 0. The molecule has 0 amide bonds. The maximum absolute atomic E-state index is 0. The normalized spacial score (nSPS) is 0. The van der Waals surface area contributed by atoms with E-state index in [2.05, 4.69) is 0 Å². The molecule has 0 bridgehead atoms. The van der Waals surface area contributed by atoms with Crippen molar-refractivity contribution in [1.82, 2.24) is 0 Å². The predicted octanol–water partition coefficient (Wildman–Crippen LogP) is -18.0. The molecule has 0 unspecified atom stereocenters. The van der Waals surface area contributed by atoms with Gasteiger partial charge in [-0.05, 0) is 0 Å². The quantitative estimate of drug-likeness (QED) is 0.383. The zero-order chi connectivity index (χ0) is 0. The Hall–Kier alpha value is 2.99. The van der Waals surface area contributed by atoms with E-state index in [1.807, 2.05) is 0 Å². The maximum Gasteiger partial charge on any atom is 2.00 e. The molecule has 8 heteroatoms. The Labute approximate surface area is 112 Å². The Bertz CT molecular complexity index is 6.49. The molecule has 0 aliphatic rings. The minimum Gasteiger partial charge on any atom is -1.00 e. The Kier molecular flexibility index (Phi) is 1390. The molecule has 0 radical (unpaired) electrons. The first kappa shape index (κ1) is 123. The Balaban J connectivity index is 0. The SMILES string of the molecule is [Cl-].[Cl-].[Cl-].[Cl-].[Cl-].[Cl-].[Zn+2].[Zn+2]. The molecular formula is Cl6Zn2-2. The van der Waals surface area contributed by atoms with Gasteiger partial charge in [0, 0.05) is 0 Å². The second kappa shape index (κ2) is 90.4. The number of hydrogen-bond donors (Lipinski definition) is 0. The predicted molar refractivity (Wildman–Crippen MR) is 0 cm³/mol. The number of rotatable bonds is 0. The van der Waals surface area contributed by atoms with E-state index >= 15 is 0 Å². The van der Waals surface area contributed by atoms with Crippen molar-refractivity contribution in [1.29, 1.82) is 0 Å². The summed E-state index contributed by atoms with van der Waals surface area (Å²) in [6.07, 6.45) is 0. The second-order valence-corrected chi connectivity index (χ2v) is 0. The van der Waals surface area contributed by atoms with Crippen molar-refractivity contribution < 1.29 is 113 Å². The van der Waals surface area contributed by atoms with Gasteiger partial charge in [-0.25, -0.2) is 0 Å². The van der Waals surface area contributed by atoms with Crippen LogP contribution in [0.3, 0.4) is 0 Å². The van der Waals surface area contributed by atoms with Crippen LogP contribution in [0.2, 0.25) is 0 Å². The van der Waals surface area contributed by atoms with Crippen LogP contribution in [0.1, 0.15) is 0 Å². The number of halogens is 6. The Morgan fingerprint density at radius 2 is 0.250 bits per heavy atom. The molecule has 8 heavy (non-hydrogen) atoms. The van der Waals surface area contributed by atoms with E-state index in [-0.39, 0.29) is 113 Å². The smallest absolute Gasteiger partial charge is 1.00 e. The molecule has 0 aromatic rings. The topological polar surface area (TPSA) is 0 Å². The molecule has 0 aromatic carbocycles. The van der Waals surface area contributed by atoms with Gasteiger partial charge < -0.3 is 74.4 Å². The minimum atomic E-state index is 0. The van der Waals surface area contributed by atoms with Crippen molar-refractivity contribution in [3.8, 4) is 0 Å². The van der Waals surface area contributed by atoms with Crippen LogP contribution < -0.4 is 74.4 Å². The van der Waals surface area contributed by atoms with Crippen LogP contribution in [0, 0.1) is 0 Å². The molecule has 0 nitrogen and oxygen atoms in total. The Morgan fingerprint density at radius 3 is 0.250 bits per heavy atom. The standard InChI is InChI=1S/6ClH.2Zn/h6*1H;;/q;;;;;;2*+2/p-6. The third kappa shape index (κ3) is 64.3. The van der Waals surface area contributed by atoms with Crippen molar-refractivity contribution in [2.24, 2.45) is 0 Å². The zero-order valence-electron chi connectivity index (χ0n) is 3.68. The molecule has 0 aliphatic heterocycles. The molecule has 0 heterocycles. The van der Waals surface area contributed by atoms with E-state index in [0.29, 0.717) is 0 Å². The van der Waals surface area contributed by atoms with Gasteiger partial charge in [0.05, 0.1) is 0 Å². The molecule has 0 saturated carbocycles. The fourth-order valence-corrected chi connectivity index (χ4v) is 0. The first-order valence-corrected chi connectivity index (χ1v) is 0. The van der Waals surface area contributed by atoms with E-state index in [4.69, 9.17) is 0 Å².